The molecule has 1 heterocycles. The van der Waals surface area contributed by atoms with Crippen LogP contribution in [0.2, 0.25) is 0 Å². The summed E-state index contributed by atoms with van der Waals surface area (Å²) in [5.74, 6) is -0.740. The minimum Gasteiger partial charge on any atom is -0.465 e. The van der Waals surface area contributed by atoms with Gasteiger partial charge in [0, 0.05) is 25.4 Å². The fourth-order valence-corrected chi connectivity index (χ4v) is 2.72. The summed E-state index contributed by atoms with van der Waals surface area (Å²) in [5, 5.41) is 0. The minimum absolute atomic E-state index is 0.319. The lowest BCUT2D eigenvalue weighted by Crippen LogP contribution is -2.03. The molecule has 26 heavy (non-hydrogen) atoms. The maximum absolute atomic E-state index is 13.2. The molecule has 0 saturated heterocycles. The molecule has 0 N–H and O–H groups in total. The highest BCUT2D eigenvalue weighted by molar-refractivity contribution is 5.97. The van der Waals surface area contributed by atoms with Crippen LogP contribution in [-0.2, 0) is 18.2 Å². The standard InChI is InChI=1S/C21H19FN2O2/c1-24-14-23-13-18(24)5-3-4-15-6-11-19(21(25)26-2)20(12-15)16-7-9-17(22)10-8-16/h3-4,6-14H,5H2,1-2H3. The topological polar surface area (TPSA) is 44.1 Å². The molecule has 5 heteroatoms. The Balaban J connectivity index is 1.92. The zero-order valence-electron chi connectivity index (χ0n) is 14.6. The number of esters is 1. The molecular weight excluding hydrogens is 331 g/mol. The van der Waals surface area contributed by atoms with Gasteiger partial charge in [0.05, 0.1) is 19.0 Å². The third kappa shape index (κ3) is 3.88. The fraction of sp³-hybridized carbons (Fsp3) is 0.143. The van der Waals surface area contributed by atoms with E-state index in [9.17, 15) is 9.18 Å². The molecule has 3 rings (SSSR count). The van der Waals surface area contributed by atoms with Crippen LogP contribution < -0.4 is 0 Å². The molecule has 2 aromatic carbocycles. The molecular formula is C21H19FN2O2. The maximum atomic E-state index is 13.2. The van der Waals surface area contributed by atoms with Crippen molar-refractivity contribution in [2.75, 3.05) is 7.11 Å². The number of halogens is 1. The Morgan fingerprint density at radius 1 is 1.23 bits per heavy atom. The van der Waals surface area contributed by atoms with E-state index in [1.165, 1.54) is 19.2 Å². The van der Waals surface area contributed by atoms with Crippen LogP contribution in [-0.4, -0.2) is 22.6 Å². The molecule has 0 aliphatic heterocycles. The van der Waals surface area contributed by atoms with Gasteiger partial charge in [-0.2, -0.15) is 0 Å². The monoisotopic (exact) mass is 350 g/mol. The number of benzene rings is 2. The van der Waals surface area contributed by atoms with E-state index in [0.29, 0.717) is 11.1 Å². The fourth-order valence-electron chi connectivity index (χ4n) is 2.72. The first-order valence-electron chi connectivity index (χ1n) is 8.18. The third-order valence-corrected chi connectivity index (χ3v) is 4.16. The number of hydrogen-bond donors (Lipinski definition) is 0. The highest BCUT2D eigenvalue weighted by Crippen LogP contribution is 2.26. The maximum Gasteiger partial charge on any atom is 0.338 e. The van der Waals surface area contributed by atoms with Crippen LogP contribution in [0.15, 0.2) is 61.1 Å². The van der Waals surface area contributed by atoms with E-state index in [-0.39, 0.29) is 5.82 Å². The lowest BCUT2D eigenvalue weighted by Gasteiger charge is -2.10. The van der Waals surface area contributed by atoms with E-state index in [1.807, 2.05) is 42.1 Å². The summed E-state index contributed by atoms with van der Waals surface area (Å²) in [6, 6.07) is 11.6. The van der Waals surface area contributed by atoms with Gasteiger partial charge >= 0.3 is 5.97 Å². The highest BCUT2D eigenvalue weighted by atomic mass is 19.1. The predicted octanol–water partition coefficient (Wildman–Crippen LogP) is 4.27. The van der Waals surface area contributed by atoms with Crippen molar-refractivity contribution in [3.8, 4) is 11.1 Å². The Morgan fingerprint density at radius 3 is 2.65 bits per heavy atom. The average molecular weight is 350 g/mol. The molecule has 4 nitrogen and oxygen atoms in total. The van der Waals surface area contributed by atoms with Gasteiger partial charge in [-0.3, -0.25) is 0 Å². The van der Waals surface area contributed by atoms with Crippen LogP contribution in [0.1, 0.15) is 21.6 Å². The number of imidazole rings is 1. The number of rotatable bonds is 5. The van der Waals surface area contributed by atoms with Crippen LogP contribution in [0.3, 0.4) is 0 Å². The van der Waals surface area contributed by atoms with Crippen molar-refractivity contribution in [3.05, 3.63) is 83.7 Å². The number of allylic oxidation sites excluding steroid dienone is 1. The highest BCUT2D eigenvalue weighted by Gasteiger charge is 2.13. The van der Waals surface area contributed by atoms with Crippen LogP contribution in [0.5, 0.6) is 0 Å². The summed E-state index contributed by atoms with van der Waals surface area (Å²) < 4.78 is 20.1. The van der Waals surface area contributed by atoms with Crippen molar-refractivity contribution < 1.29 is 13.9 Å². The summed E-state index contributed by atoms with van der Waals surface area (Å²) in [7, 11) is 3.30. The quantitative estimate of drug-likeness (QED) is 0.646. The Kier molecular flexibility index (Phi) is 5.27. The first-order chi connectivity index (χ1) is 12.6. The van der Waals surface area contributed by atoms with Gasteiger partial charge in [-0.1, -0.05) is 30.4 Å². The van der Waals surface area contributed by atoms with Crippen LogP contribution >= 0.6 is 0 Å². The number of aromatic nitrogens is 2. The van der Waals surface area contributed by atoms with Crippen molar-refractivity contribution in [2.45, 2.75) is 6.42 Å². The van der Waals surface area contributed by atoms with Crippen LogP contribution in [0.4, 0.5) is 4.39 Å². The van der Waals surface area contributed by atoms with Gasteiger partial charge in [0.1, 0.15) is 5.82 Å². The lowest BCUT2D eigenvalue weighted by atomic mass is 9.97. The molecule has 0 unspecified atom stereocenters. The largest absolute Gasteiger partial charge is 0.465 e. The number of hydrogen-bond acceptors (Lipinski definition) is 3. The number of carbonyl (C=O) groups excluding carboxylic acids is 1. The zero-order chi connectivity index (χ0) is 18.5. The molecule has 0 aliphatic rings. The average Bonchev–Trinajstić information content (AvgIpc) is 3.06. The van der Waals surface area contributed by atoms with E-state index in [2.05, 4.69) is 4.98 Å². The van der Waals surface area contributed by atoms with Gasteiger partial charge in [-0.25, -0.2) is 14.2 Å². The predicted molar refractivity (Wildman–Crippen MR) is 99.1 cm³/mol. The second-order valence-corrected chi connectivity index (χ2v) is 5.91. The second kappa shape index (κ2) is 7.78. The smallest absolute Gasteiger partial charge is 0.338 e. The Morgan fingerprint density at radius 2 is 2.00 bits per heavy atom. The normalized spacial score (nSPS) is 11.0. The molecule has 132 valence electrons. The third-order valence-electron chi connectivity index (χ3n) is 4.16. The number of nitrogens with zero attached hydrogens (tertiary/aromatic N) is 2. The molecule has 0 radical (unpaired) electrons. The van der Waals surface area contributed by atoms with Gasteiger partial charge in [0.25, 0.3) is 0 Å². The van der Waals surface area contributed by atoms with E-state index in [1.54, 1.807) is 24.5 Å². The van der Waals surface area contributed by atoms with Gasteiger partial charge in [0.15, 0.2) is 0 Å². The van der Waals surface area contributed by atoms with Crippen molar-refractivity contribution in [3.63, 3.8) is 0 Å². The molecule has 0 saturated carbocycles. The van der Waals surface area contributed by atoms with Gasteiger partial charge in [-0.05, 0) is 41.0 Å². The van der Waals surface area contributed by atoms with Crippen LogP contribution in [0, 0.1) is 5.82 Å². The molecule has 0 fully saturated rings. The number of carbonyl (C=O) groups is 1. The van der Waals surface area contributed by atoms with Gasteiger partial charge in [-0.15, -0.1) is 0 Å². The van der Waals surface area contributed by atoms with E-state index < -0.39 is 5.97 Å². The Labute approximate surface area is 151 Å². The molecule has 0 aliphatic carbocycles. The van der Waals surface area contributed by atoms with Gasteiger partial charge < -0.3 is 9.30 Å². The summed E-state index contributed by atoms with van der Waals surface area (Å²) >= 11 is 0. The minimum atomic E-state index is -0.422. The van der Waals surface area contributed by atoms with E-state index >= 15 is 0 Å². The summed E-state index contributed by atoms with van der Waals surface area (Å²) in [5.41, 5.74) is 3.96. The van der Waals surface area contributed by atoms with E-state index in [4.69, 9.17) is 4.74 Å². The SMILES string of the molecule is COC(=O)c1ccc(C=CCc2cncn2C)cc1-c1ccc(F)cc1. The van der Waals surface area contributed by atoms with Crippen molar-refractivity contribution in [1.82, 2.24) is 9.55 Å². The molecule has 1 aromatic heterocycles. The number of aryl methyl sites for hydroxylation is 1. The molecule has 0 amide bonds. The van der Waals surface area contributed by atoms with Crippen molar-refractivity contribution in [1.29, 1.82) is 0 Å². The lowest BCUT2D eigenvalue weighted by molar-refractivity contribution is 0.0601. The first kappa shape index (κ1) is 17.6. The molecule has 0 spiro atoms. The zero-order valence-corrected chi connectivity index (χ0v) is 14.6. The van der Waals surface area contributed by atoms with Crippen molar-refractivity contribution >= 4 is 12.0 Å². The molecule has 0 bridgehead atoms. The summed E-state index contributed by atoms with van der Waals surface area (Å²) in [6.07, 6.45) is 8.37. The van der Waals surface area contributed by atoms with Crippen LogP contribution in [0.25, 0.3) is 17.2 Å². The Bertz CT molecular complexity index is 943. The Hall–Kier alpha value is -3.21. The van der Waals surface area contributed by atoms with Crippen molar-refractivity contribution in [2.24, 2.45) is 7.05 Å². The molecule has 3 aromatic rings. The number of methoxy groups -OCH3 is 1. The van der Waals surface area contributed by atoms with E-state index in [0.717, 1.165) is 23.2 Å². The second-order valence-electron chi connectivity index (χ2n) is 5.91. The molecule has 0 atom stereocenters. The number of ether oxygens (including phenoxy) is 1. The van der Waals surface area contributed by atoms with Gasteiger partial charge in [0.2, 0.25) is 0 Å². The first-order valence-corrected chi connectivity index (χ1v) is 8.18. The summed E-state index contributed by atoms with van der Waals surface area (Å²) in [4.78, 5) is 16.2. The summed E-state index contributed by atoms with van der Waals surface area (Å²) in [6.45, 7) is 0.